The summed E-state index contributed by atoms with van der Waals surface area (Å²) in [5.41, 5.74) is 19.9. The third kappa shape index (κ3) is 5.38. The Morgan fingerprint density at radius 2 is 2.00 bits per heavy atom. The van der Waals surface area contributed by atoms with Crippen LogP contribution < -0.4 is 22.7 Å². The van der Waals surface area contributed by atoms with Crippen LogP contribution in [0.3, 0.4) is 0 Å². The molecular weight excluding hydrogens is 494 g/mol. The van der Waals surface area contributed by atoms with Crippen molar-refractivity contribution in [3.8, 4) is 0 Å². The highest BCUT2D eigenvalue weighted by Crippen LogP contribution is 2.30. The van der Waals surface area contributed by atoms with Crippen LogP contribution in [-0.4, -0.2) is 77.5 Å². The lowest BCUT2D eigenvalue weighted by Crippen LogP contribution is -2.33. The van der Waals surface area contributed by atoms with Crippen LogP contribution in [-0.2, 0) is 14.2 Å². The lowest BCUT2D eigenvalue weighted by molar-refractivity contribution is -0.0980. The normalized spacial score (nSPS) is 25.0. The maximum absolute atomic E-state index is 11.7. The Morgan fingerprint density at radius 3 is 2.68 bits per heavy atom. The largest absolute Gasteiger partial charge is 0.394 e. The number of nitrogens with two attached hydrogens (primary N) is 2. The SMILES string of the molecule is Cc1cn([C@H]2C[C@H](N=[N+]=[N-])[C@@H](CO)O2)c(=O)[nH]c1=O.Nc1nc(N)c2ncn([C@H]3CO[C@@H](CO)O3)c2n1. The molecule has 37 heavy (non-hydrogen) atoms. The number of hydrogen-bond donors (Lipinski definition) is 5. The van der Waals surface area contributed by atoms with Gasteiger partial charge in [-0.05, 0) is 12.5 Å². The minimum atomic E-state index is -0.671. The molecule has 0 amide bonds. The van der Waals surface area contributed by atoms with E-state index in [2.05, 4.69) is 30.0 Å². The molecule has 0 saturated carbocycles. The highest BCUT2D eigenvalue weighted by atomic mass is 16.7. The number of fused-ring (bicyclic) bond motifs is 1. The molecule has 5 atom stereocenters. The zero-order valence-corrected chi connectivity index (χ0v) is 19.5. The van der Waals surface area contributed by atoms with Crippen LogP contribution in [0.15, 0.2) is 27.2 Å². The van der Waals surface area contributed by atoms with Gasteiger partial charge in [0.25, 0.3) is 5.56 Å². The van der Waals surface area contributed by atoms with Gasteiger partial charge in [-0.2, -0.15) is 9.97 Å². The molecule has 0 aliphatic carbocycles. The number of aromatic nitrogens is 6. The van der Waals surface area contributed by atoms with Gasteiger partial charge in [-0.25, -0.2) is 9.78 Å². The maximum Gasteiger partial charge on any atom is 0.330 e. The molecule has 2 aliphatic rings. The Hall–Kier alpha value is -4.06. The summed E-state index contributed by atoms with van der Waals surface area (Å²) in [7, 11) is 0. The Kier molecular flexibility index (Phi) is 7.67. The van der Waals surface area contributed by atoms with Crippen molar-refractivity contribution in [1.29, 1.82) is 0 Å². The fourth-order valence-electron chi connectivity index (χ4n) is 3.89. The third-order valence-electron chi connectivity index (χ3n) is 5.70. The molecule has 3 aromatic heterocycles. The van der Waals surface area contributed by atoms with Gasteiger partial charge in [0.15, 0.2) is 24.0 Å². The van der Waals surface area contributed by atoms with Crippen LogP contribution in [0.25, 0.3) is 21.6 Å². The van der Waals surface area contributed by atoms with Gasteiger partial charge < -0.3 is 35.9 Å². The summed E-state index contributed by atoms with van der Waals surface area (Å²) < 4.78 is 19.0. The highest BCUT2D eigenvalue weighted by molar-refractivity contribution is 5.82. The first-order chi connectivity index (χ1) is 17.7. The standard InChI is InChI=1S/C10H13N5O4.C9H12N6O3/c1-5-3-15(10(18)12-9(5)17)8-2-6(13-14-11)7(4-16)19-8;10-7-6-8(14-9(11)13-7)15(3-12-6)4-2-17-5(1-16)18-4/h3,6-8,16H,2,4H2,1H3,(H,12,17,18);3-5,16H,1-2H2,(H4,10,11,13,14)/t6-,7+,8+;4-,5-/m01/s1. The number of hydrogen-bond acceptors (Lipinski definition) is 13. The van der Waals surface area contributed by atoms with Crippen molar-refractivity contribution in [3.63, 3.8) is 0 Å². The molecule has 7 N–H and O–H groups in total. The van der Waals surface area contributed by atoms with Crippen molar-refractivity contribution in [1.82, 2.24) is 29.1 Å². The quantitative estimate of drug-likeness (QED) is 0.149. The first kappa shape index (κ1) is 26.0. The summed E-state index contributed by atoms with van der Waals surface area (Å²) in [6, 6.07) is -0.542. The second-order valence-electron chi connectivity index (χ2n) is 8.13. The van der Waals surface area contributed by atoms with Crippen molar-refractivity contribution in [3.05, 3.63) is 49.4 Å². The Labute approximate surface area is 207 Å². The summed E-state index contributed by atoms with van der Waals surface area (Å²) in [5.74, 6) is 0.285. The number of imidazole rings is 1. The number of azide groups is 1. The summed E-state index contributed by atoms with van der Waals surface area (Å²) in [4.78, 5) is 39.9. The van der Waals surface area contributed by atoms with Gasteiger partial charge in [0.1, 0.15) is 11.7 Å². The van der Waals surface area contributed by atoms with Gasteiger partial charge >= 0.3 is 5.69 Å². The van der Waals surface area contributed by atoms with Crippen LogP contribution in [0.4, 0.5) is 11.8 Å². The molecule has 0 radical (unpaired) electrons. The smallest absolute Gasteiger partial charge is 0.330 e. The molecule has 2 aliphatic heterocycles. The predicted octanol–water partition coefficient (Wildman–Crippen LogP) is -1.34. The summed E-state index contributed by atoms with van der Waals surface area (Å²) >= 11 is 0. The molecule has 0 aromatic carbocycles. The van der Waals surface area contributed by atoms with Crippen molar-refractivity contribution in [2.45, 2.75) is 44.2 Å². The monoisotopic (exact) mass is 519 g/mol. The van der Waals surface area contributed by atoms with E-state index in [0.717, 1.165) is 0 Å². The third-order valence-corrected chi connectivity index (χ3v) is 5.70. The summed E-state index contributed by atoms with van der Waals surface area (Å²) in [6.45, 7) is 1.35. The zero-order chi connectivity index (χ0) is 26.7. The second kappa shape index (κ2) is 10.9. The number of aryl methyl sites for hydroxylation is 1. The van der Waals surface area contributed by atoms with Crippen LogP contribution in [0.5, 0.6) is 0 Å². The molecule has 18 heteroatoms. The first-order valence-corrected chi connectivity index (χ1v) is 11.0. The molecule has 0 spiro atoms. The number of rotatable bonds is 5. The van der Waals surface area contributed by atoms with E-state index in [0.29, 0.717) is 23.3 Å². The molecule has 0 unspecified atom stereocenters. The van der Waals surface area contributed by atoms with Crippen molar-refractivity contribution in [2.24, 2.45) is 5.11 Å². The van der Waals surface area contributed by atoms with Crippen LogP contribution in [0.2, 0.25) is 0 Å². The fourth-order valence-corrected chi connectivity index (χ4v) is 3.89. The molecular formula is C19H25N11O7. The predicted molar refractivity (Wildman–Crippen MR) is 126 cm³/mol. The van der Waals surface area contributed by atoms with E-state index in [1.165, 1.54) is 17.1 Å². The molecule has 198 valence electrons. The number of H-pyrrole nitrogens is 1. The fraction of sp³-hybridized carbons (Fsp3) is 0.526. The van der Waals surface area contributed by atoms with Gasteiger partial charge in [-0.15, -0.1) is 0 Å². The lowest BCUT2D eigenvalue weighted by Gasteiger charge is -2.14. The maximum atomic E-state index is 11.7. The Morgan fingerprint density at radius 1 is 1.22 bits per heavy atom. The number of nitrogens with one attached hydrogen (secondary N) is 1. The minimum Gasteiger partial charge on any atom is -0.394 e. The highest BCUT2D eigenvalue weighted by Gasteiger charge is 2.35. The average molecular weight is 519 g/mol. The van der Waals surface area contributed by atoms with E-state index in [9.17, 15) is 9.59 Å². The molecule has 3 aromatic rings. The lowest BCUT2D eigenvalue weighted by atomic mass is 10.1. The van der Waals surface area contributed by atoms with E-state index >= 15 is 0 Å². The molecule has 0 bridgehead atoms. The van der Waals surface area contributed by atoms with E-state index < -0.39 is 42.1 Å². The van der Waals surface area contributed by atoms with Gasteiger partial charge in [0.2, 0.25) is 5.95 Å². The van der Waals surface area contributed by atoms with Crippen molar-refractivity contribution in [2.75, 3.05) is 31.3 Å². The first-order valence-electron chi connectivity index (χ1n) is 11.0. The molecule has 5 rings (SSSR count). The topological polar surface area (TPSA) is 267 Å². The molecule has 2 saturated heterocycles. The zero-order valence-electron chi connectivity index (χ0n) is 19.5. The molecule has 18 nitrogen and oxygen atoms in total. The van der Waals surface area contributed by atoms with E-state index in [1.807, 2.05) is 0 Å². The second-order valence-corrected chi connectivity index (χ2v) is 8.13. The van der Waals surface area contributed by atoms with Gasteiger partial charge in [-0.1, -0.05) is 5.11 Å². The number of nitrogens with zero attached hydrogens (tertiary/aromatic N) is 8. The number of aliphatic hydroxyl groups is 2. The summed E-state index contributed by atoms with van der Waals surface area (Å²) in [5, 5.41) is 21.6. The van der Waals surface area contributed by atoms with Crippen LogP contribution in [0.1, 0.15) is 24.4 Å². The molecule has 2 fully saturated rings. The van der Waals surface area contributed by atoms with Crippen LogP contribution >= 0.6 is 0 Å². The van der Waals surface area contributed by atoms with Crippen molar-refractivity contribution < 1.29 is 24.4 Å². The van der Waals surface area contributed by atoms with Gasteiger partial charge in [0.05, 0.1) is 38.3 Å². The van der Waals surface area contributed by atoms with E-state index in [1.54, 1.807) is 11.5 Å². The summed E-state index contributed by atoms with van der Waals surface area (Å²) in [6.07, 6.45) is 0.808. The van der Waals surface area contributed by atoms with E-state index in [-0.39, 0.29) is 31.4 Å². The van der Waals surface area contributed by atoms with E-state index in [4.69, 9.17) is 41.4 Å². The average Bonchev–Trinajstić information content (AvgIpc) is 3.60. The van der Waals surface area contributed by atoms with Gasteiger partial charge in [0, 0.05) is 23.1 Å². The van der Waals surface area contributed by atoms with Crippen molar-refractivity contribution >= 4 is 22.9 Å². The minimum absolute atomic E-state index is 0.0689. The number of anilines is 2. The number of nitrogen functional groups attached to an aromatic ring is 2. The van der Waals surface area contributed by atoms with Crippen LogP contribution in [0, 0.1) is 6.92 Å². The Bertz CT molecular complexity index is 1430. The molecule has 5 heterocycles. The number of aliphatic hydroxyl groups excluding tert-OH is 2. The number of ether oxygens (including phenoxy) is 3. The Balaban J connectivity index is 0.000000173. The number of aromatic amines is 1. The van der Waals surface area contributed by atoms with Gasteiger partial charge in [-0.3, -0.25) is 18.9 Å².